The fourth-order valence-corrected chi connectivity index (χ4v) is 1.78. The predicted octanol–water partition coefficient (Wildman–Crippen LogP) is 3.74. The van der Waals surface area contributed by atoms with Gasteiger partial charge in [-0.1, -0.05) is 28.1 Å². The molecule has 0 bridgehead atoms. The predicted molar refractivity (Wildman–Crippen MR) is 76.5 cm³/mol. The maximum Gasteiger partial charge on any atom is 0.349 e. The number of carbonyl (C=O) groups is 1. The summed E-state index contributed by atoms with van der Waals surface area (Å²) >= 11 is 3.31. The van der Waals surface area contributed by atoms with Crippen molar-refractivity contribution in [1.82, 2.24) is 0 Å². The molecule has 0 aliphatic heterocycles. The van der Waals surface area contributed by atoms with Gasteiger partial charge >= 0.3 is 5.97 Å². The van der Waals surface area contributed by atoms with Crippen molar-refractivity contribution >= 4 is 21.9 Å². The summed E-state index contributed by atoms with van der Waals surface area (Å²) in [5.41, 5.74) is 1.08. The molecular formula is C15H13BrO3. The van der Waals surface area contributed by atoms with Crippen LogP contribution in [0, 0.1) is 6.92 Å². The van der Waals surface area contributed by atoms with Gasteiger partial charge in [-0.05, 0) is 48.9 Å². The van der Waals surface area contributed by atoms with E-state index in [0.29, 0.717) is 11.5 Å². The van der Waals surface area contributed by atoms with E-state index in [2.05, 4.69) is 15.9 Å². The van der Waals surface area contributed by atoms with Crippen LogP contribution in [0.25, 0.3) is 0 Å². The van der Waals surface area contributed by atoms with E-state index in [9.17, 15) is 4.79 Å². The molecule has 0 atom stereocenters. The quantitative estimate of drug-likeness (QED) is 0.636. The lowest BCUT2D eigenvalue weighted by Gasteiger charge is -2.07. The Bertz CT molecular complexity index is 564. The van der Waals surface area contributed by atoms with Gasteiger partial charge in [-0.2, -0.15) is 0 Å². The van der Waals surface area contributed by atoms with Crippen molar-refractivity contribution in [3.63, 3.8) is 0 Å². The number of hydrogen-bond acceptors (Lipinski definition) is 3. The van der Waals surface area contributed by atoms with Crippen molar-refractivity contribution < 1.29 is 14.3 Å². The highest BCUT2D eigenvalue weighted by molar-refractivity contribution is 9.10. The van der Waals surface area contributed by atoms with Crippen LogP contribution in [0.15, 0.2) is 53.0 Å². The molecular weight excluding hydrogens is 308 g/mol. The minimum atomic E-state index is -0.427. The van der Waals surface area contributed by atoms with E-state index in [1.54, 1.807) is 18.2 Å². The van der Waals surface area contributed by atoms with Gasteiger partial charge in [0.25, 0.3) is 0 Å². The zero-order valence-electron chi connectivity index (χ0n) is 10.4. The van der Waals surface area contributed by atoms with Gasteiger partial charge in [-0.25, -0.2) is 4.79 Å². The van der Waals surface area contributed by atoms with Crippen molar-refractivity contribution in [3.05, 3.63) is 58.6 Å². The molecule has 0 saturated carbocycles. The Kier molecular flexibility index (Phi) is 4.58. The molecule has 0 heterocycles. The molecule has 4 heteroatoms. The summed E-state index contributed by atoms with van der Waals surface area (Å²) in [6.07, 6.45) is 0. The minimum absolute atomic E-state index is 0.112. The first-order valence-electron chi connectivity index (χ1n) is 5.79. The zero-order valence-corrected chi connectivity index (χ0v) is 12.0. The lowest BCUT2D eigenvalue weighted by atomic mass is 10.2. The number of esters is 1. The molecule has 2 rings (SSSR count). The summed E-state index contributed by atoms with van der Waals surface area (Å²) in [5.74, 6) is 0.734. The Hall–Kier alpha value is -1.81. The Morgan fingerprint density at radius 2 is 1.84 bits per heavy atom. The third-order valence-corrected chi connectivity index (χ3v) is 2.92. The summed E-state index contributed by atoms with van der Waals surface area (Å²) in [4.78, 5) is 11.6. The number of halogens is 1. The van der Waals surface area contributed by atoms with Gasteiger partial charge in [-0.3, -0.25) is 0 Å². The van der Waals surface area contributed by atoms with Gasteiger partial charge in [0.15, 0.2) is 6.61 Å². The molecule has 0 saturated heterocycles. The van der Waals surface area contributed by atoms with Crippen molar-refractivity contribution in [2.45, 2.75) is 6.92 Å². The first kappa shape index (κ1) is 13.6. The Morgan fingerprint density at radius 3 is 2.53 bits per heavy atom. The normalized spacial score (nSPS) is 10.0. The van der Waals surface area contributed by atoms with Crippen LogP contribution in [0.4, 0.5) is 0 Å². The van der Waals surface area contributed by atoms with Gasteiger partial charge < -0.3 is 9.47 Å². The van der Waals surface area contributed by atoms with Crippen LogP contribution in [0.1, 0.15) is 5.56 Å². The number of ether oxygens (including phenoxy) is 2. The topological polar surface area (TPSA) is 35.5 Å². The van der Waals surface area contributed by atoms with Gasteiger partial charge in [-0.15, -0.1) is 0 Å². The number of carbonyl (C=O) groups excluding carboxylic acids is 1. The molecule has 0 aliphatic rings. The van der Waals surface area contributed by atoms with Crippen molar-refractivity contribution in [1.29, 1.82) is 0 Å². The van der Waals surface area contributed by atoms with Crippen LogP contribution in [-0.4, -0.2) is 12.6 Å². The Labute approximate surface area is 120 Å². The monoisotopic (exact) mass is 320 g/mol. The third kappa shape index (κ3) is 4.41. The lowest BCUT2D eigenvalue weighted by molar-refractivity contribution is -0.136. The fraction of sp³-hybridized carbons (Fsp3) is 0.133. The van der Waals surface area contributed by atoms with E-state index in [1.807, 2.05) is 37.3 Å². The van der Waals surface area contributed by atoms with E-state index >= 15 is 0 Å². The summed E-state index contributed by atoms with van der Waals surface area (Å²) in [5, 5.41) is 0. The van der Waals surface area contributed by atoms with Crippen molar-refractivity contribution in [3.8, 4) is 11.5 Å². The standard InChI is InChI=1S/C15H13BrO3/c1-11-3-2-4-14(9-11)18-10-15(17)19-13-7-5-12(16)6-8-13/h2-9H,10H2,1H3. The second-order valence-corrected chi connectivity index (χ2v) is 4.95. The van der Waals surface area contributed by atoms with Crippen LogP contribution < -0.4 is 9.47 Å². The van der Waals surface area contributed by atoms with Gasteiger partial charge in [0.1, 0.15) is 11.5 Å². The number of rotatable bonds is 4. The average molecular weight is 321 g/mol. The SMILES string of the molecule is Cc1cccc(OCC(=O)Oc2ccc(Br)cc2)c1. The molecule has 0 fully saturated rings. The van der Waals surface area contributed by atoms with E-state index < -0.39 is 5.97 Å². The van der Waals surface area contributed by atoms with E-state index in [0.717, 1.165) is 10.0 Å². The van der Waals surface area contributed by atoms with Crippen LogP contribution >= 0.6 is 15.9 Å². The fourth-order valence-electron chi connectivity index (χ4n) is 1.51. The first-order valence-corrected chi connectivity index (χ1v) is 6.58. The molecule has 0 amide bonds. The maximum atomic E-state index is 11.6. The molecule has 0 radical (unpaired) electrons. The van der Waals surface area contributed by atoms with Crippen molar-refractivity contribution in [2.24, 2.45) is 0 Å². The average Bonchev–Trinajstić information content (AvgIpc) is 2.39. The molecule has 0 N–H and O–H groups in total. The number of benzene rings is 2. The van der Waals surface area contributed by atoms with Crippen molar-refractivity contribution in [2.75, 3.05) is 6.61 Å². The molecule has 0 spiro atoms. The molecule has 3 nitrogen and oxygen atoms in total. The van der Waals surface area contributed by atoms with Crippen LogP contribution in [0.2, 0.25) is 0 Å². The van der Waals surface area contributed by atoms with Gasteiger partial charge in [0.05, 0.1) is 0 Å². The van der Waals surface area contributed by atoms with Crippen LogP contribution in [-0.2, 0) is 4.79 Å². The van der Waals surface area contributed by atoms with Crippen LogP contribution in [0.5, 0.6) is 11.5 Å². The van der Waals surface area contributed by atoms with Crippen LogP contribution in [0.3, 0.4) is 0 Å². The summed E-state index contributed by atoms with van der Waals surface area (Å²) in [7, 11) is 0. The van der Waals surface area contributed by atoms with E-state index in [4.69, 9.17) is 9.47 Å². The summed E-state index contributed by atoms with van der Waals surface area (Å²) < 4.78 is 11.4. The summed E-state index contributed by atoms with van der Waals surface area (Å²) in [6.45, 7) is 1.85. The first-order chi connectivity index (χ1) is 9.13. The van der Waals surface area contributed by atoms with Gasteiger partial charge in [0, 0.05) is 4.47 Å². The Morgan fingerprint density at radius 1 is 1.11 bits per heavy atom. The van der Waals surface area contributed by atoms with E-state index in [1.165, 1.54) is 0 Å². The number of aryl methyl sites for hydroxylation is 1. The highest BCUT2D eigenvalue weighted by Gasteiger charge is 2.06. The smallest absolute Gasteiger partial charge is 0.349 e. The Balaban J connectivity index is 1.86. The highest BCUT2D eigenvalue weighted by atomic mass is 79.9. The summed E-state index contributed by atoms with van der Waals surface area (Å²) in [6, 6.07) is 14.6. The molecule has 2 aromatic carbocycles. The third-order valence-electron chi connectivity index (χ3n) is 2.39. The van der Waals surface area contributed by atoms with E-state index in [-0.39, 0.29) is 6.61 Å². The second-order valence-electron chi connectivity index (χ2n) is 4.03. The molecule has 0 aromatic heterocycles. The minimum Gasteiger partial charge on any atom is -0.482 e. The largest absolute Gasteiger partial charge is 0.482 e. The zero-order chi connectivity index (χ0) is 13.7. The molecule has 0 unspecified atom stereocenters. The molecule has 2 aromatic rings. The second kappa shape index (κ2) is 6.38. The number of hydrogen-bond donors (Lipinski definition) is 0. The maximum absolute atomic E-state index is 11.6. The lowest BCUT2D eigenvalue weighted by Crippen LogP contribution is -2.17. The molecule has 0 aliphatic carbocycles. The van der Waals surface area contributed by atoms with Gasteiger partial charge in [0.2, 0.25) is 0 Å². The highest BCUT2D eigenvalue weighted by Crippen LogP contribution is 2.16. The molecule has 98 valence electrons. The molecule has 19 heavy (non-hydrogen) atoms.